The van der Waals surface area contributed by atoms with Crippen LogP contribution >= 0.6 is 0 Å². The molecule has 7 aromatic heterocycles. The minimum Gasteiger partial charge on any atom is -0.309 e. The van der Waals surface area contributed by atoms with Gasteiger partial charge >= 0.3 is 0 Å². The lowest BCUT2D eigenvalue weighted by atomic mass is 9.97. The van der Waals surface area contributed by atoms with Crippen LogP contribution in [0.25, 0.3) is 164 Å². The minimum absolute atomic E-state index is 0.982. The number of benzene rings is 11. The van der Waals surface area contributed by atoms with Gasteiger partial charge in [-0.3, -0.25) is 4.40 Å². The van der Waals surface area contributed by atoms with E-state index in [1.165, 1.54) is 126 Å². The van der Waals surface area contributed by atoms with Gasteiger partial charge in [0.1, 0.15) is 5.65 Å². The average Bonchev–Trinajstić information content (AvgIpc) is 4.39. The highest BCUT2D eigenvalue weighted by Gasteiger charge is 2.27. The summed E-state index contributed by atoms with van der Waals surface area (Å²) >= 11 is 0. The maximum atomic E-state index is 5.91. The third-order valence-corrected chi connectivity index (χ3v) is 16.6. The van der Waals surface area contributed by atoms with Crippen LogP contribution < -0.4 is 0 Å². The first kappa shape index (κ1) is 38.7. The summed E-state index contributed by atoms with van der Waals surface area (Å²) in [6.45, 7) is 0. The molecule has 7 heterocycles. The van der Waals surface area contributed by atoms with Crippen LogP contribution in [0.3, 0.4) is 0 Å². The molecule has 74 heavy (non-hydrogen) atoms. The maximum Gasteiger partial charge on any atom is 0.146 e. The molecule has 0 saturated heterocycles. The van der Waals surface area contributed by atoms with Crippen LogP contribution in [0.4, 0.5) is 0 Å². The summed E-state index contributed by atoms with van der Waals surface area (Å²) in [5, 5.41) is 16.0. The summed E-state index contributed by atoms with van der Waals surface area (Å²) in [7, 11) is 0. The number of fused-ring (bicyclic) bond motifs is 20. The number of aromatic nitrogens is 5. The second kappa shape index (κ2) is 13.9. The van der Waals surface area contributed by atoms with E-state index in [9.17, 15) is 0 Å². The molecule has 0 bridgehead atoms. The van der Waals surface area contributed by atoms with Crippen molar-refractivity contribution >= 4 is 131 Å². The summed E-state index contributed by atoms with van der Waals surface area (Å²) < 4.78 is 9.83. The first-order valence-corrected chi connectivity index (χ1v) is 25.5. The summed E-state index contributed by atoms with van der Waals surface area (Å²) in [4.78, 5) is 5.91. The van der Waals surface area contributed by atoms with Crippen LogP contribution in [0.2, 0.25) is 0 Å². The van der Waals surface area contributed by atoms with Gasteiger partial charge in [0.2, 0.25) is 0 Å². The zero-order valence-corrected chi connectivity index (χ0v) is 39.8. The summed E-state index contributed by atoms with van der Waals surface area (Å²) in [5.41, 5.74) is 19.8. The predicted molar refractivity (Wildman–Crippen MR) is 311 cm³/mol. The fraction of sp³-hybridized carbons (Fsp3) is 0. The molecular weight excluding hydrogens is 899 g/mol. The van der Waals surface area contributed by atoms with Crippen LogP contribution in [0.5, 0.6) is 0 Å². The highest BCUT2D eigenvalue weighted by Crippen LogP contribution is 2.49. The van der Waals surface area contributed by atoms with Crippen molar-refractivity contribution in [3.63, 3.8) is 0 Å². The molecule has 0 saturated carbocycles. The fourth-order valence-electron chi connectivity index (χ4n) is 13.6. The second-order valence-electron chi connectivity index (χ2n) is 20.2. The van der Waals surface area contributed by atoms with Crippen molar-refractivity contribution in [2.45, 2.75) is 0 Å². The Morgan fingerprint density at radius 1 is 0.270 bits per heavy atom. The van der Waals surface area contributed by atoms with Crippen LogP contribution in [-0.2, 0) is 0 Å². The van der Waals surface area contributed by atoms with Crippen molar-refractivity contribution in [3.05, 3.63) is 237 Å². The van der Waals surface area contributed by atoms with Crippen molar-refractivity contribution in [2.75, 3.05) is 0 Å². The highest BCUT2D eigenvalue weighted by molar-refractivity contribution is 6.34. The summed E-state index contributed by atoms with van der Waals surface area (Å²) in [6, 6.07) is 87.4. The third-order valence-electron chi connectivity index (χ3n) is 16.6. The third kappa shape index (κ3) is 4.82. The van der Waals surface area contributed by atoms with Gasteiger partial charge in [0.15, 0.2) is 0 Å². The molecule has 0 radical (unpaired) electrons. The predicted octanol–water partition coefficient (Wildman–Crippen LogP) is 18.1. The lowest BCUT2D eigenvalue weighted by Gasteiger charge is -2.10. The van der Waals surface area contributed by atoms with Crippen molar-refractivity contribution in [1.29, 1.82) is 0 Å². The van der Waals surface area contributed by atoms with Crippen molar-refractivity contribution in [3.8, 4) is 33.6 Å². The Balaban J connectivity index is 0.929. The van der Waals surface area contributed by atoms with Crippen LogP contribution in [0.15, 0.2) is 237 Å². The van der Waals surface area contributed by atoms with Gasteiger partial charge in [-0.25, -0.2) is 4.98 Å². The molecule has 0 unspecified atom stereocenters. The Bertz CT molecular complexity index is 5420. The number of nitrogens with zero attached hydrogens (tertiary/aromatic N) is 5. The van der Waals surface area contributed by atoms with Gasteiger partial charge in [-0.05, 0) is 94.7 Å². The number of pyridine rings is 1. The van der Waals surface area contributed by atoms with E-state index < -0.39 is 0 Å². The van der Waals surface area contributed by atoms with Gasteiger partial charge in [-0.15, -0.1) is 0 Å². The van der Waals surface area contributed by atoms with E-state index in [4.69, 9.17) is 4.98 Å². The molecule has 18 rings (SSSR count). The maximum absolute atomic E-state index is 5.91. The molecule has 0 atom stereocenters. The molecule has 0 aliphatic rings. The summed E-state index contributed by atoms with van der Waals surface area (Å²) in [5.74, 6) is 0. The van der Waals surface area contributed by atoms with Crippen LogP contribution in [0, 0.1) is 0 Å². The quantitative estimate of drug-likeness (QED) is 0.173. The number of para-hydroxylation sites is 7. The van der Waals surface area contributed by atoms with Gasteiger partial charge in [-0.2, -0.15) is 0 Å². The van der Waals surface area contributed by atoms with Crippen LogP contribution in [-0.4, -0.2) is 22.9 Å². The standard InChI is InChI=1S/C69H39N5/c1-3-17-43(18-4-1)71-58-30-11-9-22-48(58)54-36-41(32-34-60(54)71)46-24-13-26-50-51-27-15-29-53-64-62(73(65(46)50)67(51)53)39-57-56-38-40-16-7-8-21-45(40)63-52-28-14-25-47(66(52)74(68(56)63)69(57)70-64)42-33-35-61-55(37-42)49-23-10-12-31-59(49)72(61)44-19-5-2-6-20-44/h1-39H. The van der Waals surface area contributed by atoms with Gasteiger partial charge in [0.05, 0.1) is 55.2 Å². The number of rotatable bonds is 4. The van der Waals surface area contributed by atoms with Gasteiger partial charge in [0.25, 0.3) is 0 Å². The molecule has 5 heteroatoms. The topological polar surface area (TPSA) is 31.6 Å². The monoisotopic (exact) mass is 937 g/mol. The van der Waals surface area contributed by atoms with Crippen molar-refractivity contribution in [1.82, 2.24) is 22.9 Å². The Hall–Kier alpha value is -9.97. The fourth-order valence-corrected chi connectivity index (χ4v) is 13.6. The van der Waals surface area contributed by atoms with E-state index in [1.807, 2.05) is 0 Å². The molecule has 11 aromatic carbocycles. The van der Waals surface area contributed by atoms with Gasteiger partial charge in [-0.1, -0.05) is 164 Å². The van der Waals surface area contributed by atoms with E-state index in [1.54, 1.807) is 0 Å². The van der Waals surface area contributed by atoms with Crippen LogP contribution in [0.1, 0.15) is 0 Å². The normalized spacial score (nSPS) is 12.6. The molecule has 340 valence electrons. The Morgan fingerprint density at radius 2 is 0.770 bits per heavy atom. The van der Waals surface area contributed by atoms with E-state index in [0.29, 0.717) is 0 Å². The number of hydrogen-bond acceptors (Lipinski definition) is 1. The Kier molecular flexibility index (Phi) is 7.28. The SMILES string of the molecule is c1ccc(-n2c3ccccc3c3cc(-c4cccc5c6cccc7c8nc9c(cc8n(c45)c67)c4cc5ccccc5c5c6cccc(-c7ccc8c(c7)c7ccccc7n8-c7ccccc7)c6n9c45)ccc32)cc1. The highest BCUT2D eigenvalue weighted by atomic mass is 15.0. The smallest absolute Gasteiger partial charge is 0.146 e. The first-order valence-electron chi connectivity index (χ1n) is 25.5. The molecular formula is C69H39N5. The molecule has 0 fully saturated rings. The number of hydrogen-bond donors (Lipinski definition) is 0. The molecule has 0 aliphatic carbocycles. The molecule has 0 aliphatic heterocycles. The molecule has 0 N–H and O–H groups in total. The van der Waals surface area contributed by atoms with E-state index in [2.05, 4.69) is 255 Å². The zero-order valence-electron chi connectivity index (χ0n) is 39.8. The molecule has 0 amide bonds. The Morgan fingerprint density at radius 3 is 1.42 bits per heavy atom. The zero-order chi connectivity index (χ0) is 47.9. The van der Waals surface area contributed by atoms with Crippen molar-refractivity contribution < 1.29 is 0 Å². The van der Waals surface area contributed by atoms with Gasteiger partial charge < -0.3 is 13.5 Å². The van der Waals surface area contributed by atoms with Crippen molar-refractivity contribution in [2.24, 2.45) is 0 Å². The molecule has 0 spiro atoms. The van der Waals surface area contributed by atoms with Gasteiger partial charge in [0, 0.05) is 81.8 Å². The Labute approximate surface area is 421 Å². The largest absolute Gasteiger partial charge is 0.309 e. The second-order valence-corrected chi connectivity index (χ2v) is 20.2. The lowest BCUT2D eigenvalue weighted by Crippen LogP contribution is -1.93. The molecule has 5 nitrogen and oxygen atoms in total. The first-order chi connectivity index (χ1) is 36.7. The molecule has 18 aromatic rings. The average molecular weight is 938 g/mol. The summed E-state index contributed by atoms with van der Waals surface area (Å²) in [6.07, 6.45) is 0. The van der Waals surface area contributed by atoms with E-state index >= 15 is 0 Å². The van der Waals surface area contributed by atoms with E-state index in [0.717, 1.165) is 38.8 Å². The van der Waals surface area contributed by atoms with E-state index in [-0.39, 0.29) is 0 Å². The minimum atomic E-state index is 0.982. The lowest BCUT2D eigenvalue weighted by molar-refractivity contribution is 1.18.